The molecular weight excluding hydrogens is 462 g/mol. The van der Waals surface area contributed by atoms with E-state index in [-0.39, 0.29) is 0 Å². The van der Waals surface area contributed by atoms with Gasteiger partial charge in [-0.25, -0.2) is 0 Å². The summed E-state index contributed by atoms with van der Waals surface area (Å²) >= 11 is 0. The number of rotatable bonds is 6. The molecule has 2 aliphatic heterocycles. The molecule has 0 spiro atoms. The predicted molar refractivity (Wildman–Crippen MR) is 156 cm³/mol. The molecule has 4 rings (SSSR count). The third-order valence-electron chi connectivity index (χ3n) is 6.99. The van der Waals surface area contributed by atoms with E-state index in [2.05, 4.69) is 45.4 Å². The number of hydrogen-bond acceptors (Lipinski definition) is 8. The summed E-state index contributed by atoms with van der Waals surface area (Å²) in [6, 6.07) is 8.27. The van der Waals surface area contributed by atoms with Crippen LogP contribution < -0.4 is 16.8 Å². The largest absolute Gasteiger partial charge is 0.404 e. The maximum Gasteiger partial charge on any atom is 0.116 e. The van der Waals surface area contributed by atoms with Crippen LogP contribution in [0.4, 0.5) is 0 Å². The van der Waals surface area contributed by atoms with Crippen LogP contribution in [0.2, 0.25) is 0 Å². The molecule has 0 unspecified atom stereocenters. The SMILES string of the molecule is CC=O.CN=C1CCN(C)C/C1=C(/N)c1cccc2cc(/C(C=NCCC3CCNCC3)=C/N)ncc12. The number of nitrogens with two attached hydrogens (primary N) is 2. The van der Waals surface area contributed by atoms with Gasteiger partial charge in [0.25, 0.3) is 0 Å². The highest BCUT2D eigenvalue weighted by Crippen LogP contribution is 2.28. The van der Waals surface area contributed by atoms with E-state index in [1.807, 2.05) is 25.5 Å². The highest BCUT2D eigenvalue weighted by atomic mass is 16.1. The van der Waals surface area contributed by atoms with E-state index in [1.54, 1.807) is 6.20 Å². The summed E-state index contributed by atoms with van der Waals surface area (Å²) in [6.07, 6.45) is 10.6. The first-order valence-electron chi connectivity index (χ1n) is 13.1. The average molecular weight is 504 g/mol. The fraction of sp³-hybridized carbons (Fsp3) is 0.448. The number of aromatic nitrogens is 1. The molecule has 37 heavy (non-hydrogen) atoms. The van der Waals surface area contributed by atoms with Crippen LogP contribution in [0.25, 0.3) is 22.0 Å². The zero-order valence-corrected chi connectivity index (χ0v) is 22.4. The molecule has 2 saturated heterocycles. The number of aldehydes is 1. The van der Waals surface area contributed by atoms with E-state index in [1.165, 1.54) is 19.8 Å². The first-order chi connectivity index (χ1) is 18.0. The second-order valence-corrected chi connectivity index (χ2v) is 9.52. The smallest absolute Gasteiger partial charge is 0.116 e. The van der Waals surface area contributed by atoms with Gasteiger partial charge in [0.1, 0.15) is 6.29 Å². The van der Waals surface area contributed by atoms with Crippen molar-refractivity contribution in [3.63, 3.8) is 0 Å². The summed E-state index contributed by atoms with van der Waals surface area (Å²) in [5, 5.41) is 5.52. The van der Waals surface area contributed by atoms with Gasteiger partial charge in [0.2, 0.25) is 0 Å². The molecule has 2 aliphatic rings. The topological polar surface area (TPSA) is 122 Å². The highest BCUT2D eigenvalue weighted by Gasteiger charge is 2.21. The van der Waals surface area contributed by atoms with Crippen LogP contribution in [0, 0.1) is 5.92 Å². The van der Waals surface area contributed by atoms with Crippen molar-refractivity contribution in [3.05, 3.63) is 53.5 Å². The van der Waals surface area contributed by atoms with Gasteiger partial charge in [-0.2, -0.15) is 0 Å². The maximum atomic E-state index is 8.81. The molecule has 0 bridgehead atoms. The minimum atomic E-state index is 0.750. The van der Waals surface area contributed by atoms with Crippen LogP contribution >= 0.6 is 0 Å². The monoisotopic (exact) mass is 503 g/mol. The van der Waals surface area contributed by atoms with Gasteiger partial charge < -0.3 is 26.5 Å². The summed E-state index contributed by atoms with van der Waals surface area (Å²) in [6.45, 7) is 6.30. The number of nitrogens with one attached hydrogen (secondary N) is 1. The minimum Gasteiger partial charge on any atom is -0.404 e. The quantitative estimate of drug-likeness (QED) is 0.411. The van der Waals surface area contributed by atoms with Gasteiger partial charge in [-0.05, 0) is 63.7 Å². The van der Waals surface area contributed by atoms with Crippen molar-refractivity contribution in [3.8, 4) is 0 Å². The molecule has 0 saturated carbocycles. The third-order valence-corrected chi connectivity index (χ3v) is 6.99. The van der Waals surface area contributed by atoms with Crippen LogP contribution in [-0.4, -0.2) is 74.9 Å². The highest BCUT2D eigenvalue weighted by molar-refractivity contribution is 6.11. The van der Waals surface area contributed by atoms with Gasteiger partial charge in [0, 0.05) is 85.2 Å². The predicted octanol–water partition coefficient (Wildman–Crippen LogP) is 3.28. The Morgan fingerprint density at radius 3 is 2.76 bits per heavy atom. The fourth-order valence-corrected chi connectivity index (χ4v) is 4.89. The molecule has 2 aromatic rings. The van der Waals surface area contributed by atoms with Crippen LogP contribution in [0.3, 0.4) is 0 Å². The summed E-state index contributed by atoms with van der Waals surface area (Å²) in [4.78, 5) is 25.0. The van der Waals surface area contributed by atoms with Crippen LogP contribution in [-0.2, 0) is 4.79 Å². The van der Waals surface area contributed by atoms with Crippen molar-refractivity contribution < 1.29 is 4.79 Å². The molecule has 8 heteroatoms. The van der Waals surface area contributed by atoms with Crippen molar-refractivity contribution in [2.75, 3.05) is 46.8 Å². The first kappa shape index (κ1) is 28.2. The Bertz CT molecular complexity index is 1180. The molecule has 2 fully saturated rings. The lowest BCUT2D eigenvalue weighted by Crippen LogP contribution is -2.34. The number of carbonyl (C=O) groups is 1. The molecule has 1 aromatic carbocycles. The molecule has 1 aromatic heterocycles. The van der Waals surface area contributed by atoms with Gasteiger partial charge in [0.05, 0.1) is 5.69 Å². The van der Waals surface area contributed by atoms with E-state index in [9.17, 15) is 0 Å². The number of aliphatic imine (C=N–C) groups is 2. The lowest BCUT2D eigenvalue weighted by molar-refractivity contribution is -0.106. The Hall–Kier alpha value is -3.36. The van der Waals surface area contributed by atoms with Gasteiger partial charge in [-0.3, -0.25) is 15.0 Å². The number of pyridine rings is 1. The number of carbonyl (C=O) groups excluding carboxylic acids is 1. The number of benzene rings is 1. The van der Waals surface area contributed by atoms with Crippen LogP contribution in [0.15, 0.2) is 52.2 Å². The molecular formula is C29H41N7O. The minimum absolute atomic E-state index is 0.750. The maximum absolute atomic E-state index is 8.81. The fourth-order valence-electron chi connectivity index (χ4n) is 4.89. The normalized spacial score (nSPS) is 20.2. The zero-order valence-electron chi connectivity index (χ0n) is 22.4. The summed E-state index contributed by atoms with van der Waals surface area (Å²) < 4.78 is 0. The molecule has 198 valence electrons. The first-order valence-corrected chi connectivity index (χ1v) is 13.1. The number of allylic oxidation sites excluding steroid dienone is 1. The summed E-state index contributed by atoms with van der Waals surface area (Å²) in [5.41, 5.74) is 18.3. The lowest BCUT2D eigenvalue weighted by atomic mass is 9.94. The Kier molecular flexibility index (Phi) is 11.0. The van der Waals surface area contributed by atoms with Crippen LogP contribution in [0.5, 0.6) is 0 Å². The van der Waals surface area contributed by atoms with Crippen LogP contribution in [0.1, 0.15) is 43.9 Å². The standard InChI is InChI=1S/C27H37N7.C2H4O/c1-30-25-9-13-34(2)18-24(25)27(29)22-5-3-4-20-14-26(33-17-23(20)22)21(15-28)16-32-12-8-19-6-10-31-11-7-19;1-2-3/h3-5,14-17,19,31H,6-13,18,28-29H2,1-2H3;2H,1H3/b21-15+,27-24-,30-25?,32-16?;. The number of likely N-dealkylation sites (N-methyl/N-ethyl adjacent to an activating group) is 1. The Morgan fingerprint density at radius 2 is 2.05 bits per heavy atom. The zero-order chi connectivity index (χ0) is 26.6. The molecule has 0 radical (unpaired) electrons. The summed E-state index contributed by atoms with van der Waals surface area (Å²) in [5.74, 6) is 0.766. The van der Waals surface area contributed by atoms with E-state index in [4.69, 9.17) is 21.2 Å². The van der Waals surface area contributed by atoms with Crippen molar-refractivity contribution in [1.82, 2.24) is 15.2 Å². The Balaban J connectivity index is 0.00000121. The second-order valence-electron chi connectivity index (χ2n) is 9.52. The number of likely N-dealkylation sites (tertiary alicyclic amines) is 1. The number of nitrogens with zero attached hydrogens (tertiary/aromatic N) is 4. The summed E-state index contributed by atoms with van der Waals surface area (Å²) in [7, 11) is 3.96. The number of piperidine rings is 2. The van der Waals surface area contributed by atoms with Gasteiger partial charge in [-0.1, -0.05) is 18.2 Å². The molecule has 3 heterocycles. The number of fused-ring (bicyclic) bond motifs is 1. The Morgan fingerprint density at radius 1 is 1.30 bits per heavy atom. The van der Waals surface area contributed by atoms with Gasteiger partial charge in [0.15, 0.2) is 0 Å². The molecule has 0 atom stereocenters. The number of hydrogen-bond donors (Lipinski definition) is 3. The lowest BCUT2D eigenvalue weighted by Gasteiger charge is -2.27. The van der Waals surface area contributed by atoms with Gasteiger partial charge >= 0.3 is 0 Å². The Labute approximate surface area is 220 Å². The molecule has 0 aliphatic carbocycles. The molecule has 8 nitrogen and oxygen atoms in total. The van der Waals surface area contributed by atoms with Crippen molar-refractivity contribution >= 4 is 40.3 Å². The van der Waals surface area contributed by atoms with E-state index < -0.39 is 0 Å². The van der Waals surface area contributed by atoms with Crippen molar-refractivity contribution in [1.29, 1.82) is 0 Å². The van der Waals surface area contributed by atoms with Crippen molar-refractivity contribution in [2.45, 2.75) is 32.6 Å². The van der Waals surface area contributed by atoms with E-state index in [0.717, 1.165) is 102 Å². The van der Waals surface area contributed by atoms with Crippen molar-refractivity contribution in [2.24, 2.45) is 27.4 Å². The average Bonchev–Trinajstić information content (AvgIpc) is 2.93. The molecule has 5 N–H and O–H groups in total. The van der Waals surface area contributed by atoms with E-state index >= 15 is 0 Å². The second kappa shape index (κ2) is 14.4. The van der Waals surface area contributed by atoms with Gasteiger partial charge in [-0.15, -0.1) is 0 Å². The van der Waals surface area contributed by atoms with E-state index in [0.29, 0.717) is 0 Å². The third kappa shape index (κ3) is 7.57. The molecule has 0 amide bonds.